The third kappa shape index (κ3) is 8.16. The molecule has 0 spiro atoms. The van der Waals surface area contributed by atoms with Crippen LogP contribution in [0.2, 0.25) is 10.0 Å². The predicted molar refractivity (Wildman–Crippen MR) is 172 cm³/mol. The number of nitrogens with one attached hydrogen (secondary N) is 1. The van der Waals surface area contributed by atoms with Gasteiger partial charge < -0.3 is 10.2 Å². The third-order valence-electron chi connectivity index (χ3n) is 6.92. The van der Waals surface area contributed by atoms with Gasteiger partial charge in [-0.1, -0.05) is 89.9 Å². The lowest BCUT2D eigenvalue weighted by Crippen LogP contribution is -2.53. The van der Waals surface area contributed by atoms with Gasteiger partial charge in [-0.3, -0.25) is 13.9 Å². The van der Waals surface area contributed by atoms with Crippen LogP contribution in [0.15, 0.2) is 108 Å². The molecule has 0 radical (unpaired) electrons. The van der Waals surface area contributed by atoms with Crippen molar-refractivity contribution in [3.8, 4) is 0 Å². The highest BCUT2D eigenvalue weighted by molar-refractivity contribution is 7.92. The van der Waals surface area contributed by atoms with E-state index in [9.17, 15) is 18.0 Å². The average molecular weight is 639 g/mol. The smallest absolute Gasteiger partial charge is 0.264 e. The summed E-state index contributed by atoms with van der Waals surface area (Å²) in [6.45, 7) is 3.43. The van der Waals surface area contributed by atoms with Crippen molar-refractivity contribution >= 4 is 50.7 Å². The maximum absolute atomic E-state index is 14.4. The Morgan fingerprint density at radius 3 is 2.12 bits per heavy atom. The summed E-state index contributed by atoms with van der Waals surface area (Å²) in [4.78, 5) is 29.3. The van der Waals surface area contributed by atoms with Crippen molar-refractivity contribution in [2.75, 3.05) is 17.4 Å². The van der Waals surface area contributed by atoms with E-state index in [-0.39, 0.29) is 29.5 Å². The number of anilines is 1. The number of rotatable bonds is 12. The van der Waals surface area contributed by atoms with E-state index < -0.39 is 28.5 Å². The minimum atomic E-state index is -4.20. The highest BCUT2D eigenvalue weighted by atomic mass is 35.5. The third-order valence-corrected chi connectivity index (χ3v) is 9.35. The number of hydrogen-bond donors (Lipinski definition) is 1. The van der Waals surface area contributed by atoms with Crippen LogP contribution in [-0.2, 0) is 32.6 Å². The van der Waals surface area contributed by atoms with Gasteiger partial charge in [-0.05, 0) is 66.9 Å². The van der Waals surface area contributed by atoms with Gasteiger partial charge in [0, 0.05) is 29.6 Å². The molecule has 0 heterocycles. The molecule has 224 valence electrons. The summed E-state index contributed by atoms with van der Waals surface area (Å²) in [5, 5.41) is 3.68. The van der Waals surface area contributed by atoms with Gasteiger partial charge in [-0.25, -0.2) is 8.42 Å². The fraction of sp³-hybridized carbons (Fsp3) is 0.212. The second-order valence-corrected chi connectivity index (χ2v) is 12.7. The zero-order valence-corrected chi connectivity index (χ0v) is 26.2. The Bertz CT molecular complexity index is 1670. The Hall–Kier alpha value is -3.85. The summed E-state index contributed by atoms with van der Waals surface area (Å²) >= 11 is 12.7. The highest BCUT2D eigenvalue weighted by Gasteiger charge is 2.34. The molecule has 4 aromatic rings. The van der Waals surface area contributed by atoms with Crippen LogP contribution in [0.4, 0.5) is 5.69 Å². The van der Waals surface area contributed by atoms with E-state index in [4.69, 9.17) is 23.2 Å². The Balaban J connectivity index is 1.81. The van der Waals surface area contributed by atoms with Crippen LogP contribution in [0.1, 0.15) is 23.6 Å². The molecule has 0 saturated heterocycles. The van der Waals surface area contributed by atoms with E-state index in [2.05, 4.69) is 5.32 Å². The molecule has 0 saturated carbocycles. The minimum absolute atomic E-state index is 0.0189. The molecule has 4 aromatic carbocycles. The van der Waals surface area contributed by atoms with Crippen LogP contribution < -0.4 is 9.62 Å². The van der Waals surface area contributed by atoms with Gasteiger partial charge in [0.15, 0.2) is 0 Å². The standard InChI is InChI=1S/C33H33Cl2N3O4S/c1-3-36-33(40)31(20-25-11-6-4-7-12-25)37(22-26-13-10-14-27(34)19-26)32(39)23-38(28-18-17-24(2)30(35)21-28)43(41,42)29-15-8-5-9-16-29/h4-19,21,31H,3,20,22-23H2,1-2H3,(H,36,40)/t31-/m1/s1. The van der Waals surface area contributed by atoms with Gasteiger partial charge in [0.2, 0.25) is 11.8 Å². The number of carbonyl (C=O) groups excluding carboxylic acids is 2. The first kappa shape index (κ1) is 32.1. The fourth-order valence-electron chi connectivity index (χ4n) is 4.66. The maximum Gasteiger partial charge on any atom is 0.264 e. The van der Waals surface area contributed by atoms with E-state index in [1.165, 1.54) is 23.1 Å². The molecule has 0 fully saturated rings. The second-order valence-electron chi connectivity index (χ2n) is 10.0. The number of carbonyl (C=O) groups is 2. The highest BCUT2D eigenvalue weighted by Crippen LogP contribution is 2.29. The Kier molecular flexibility index (Phi) is 10.9. The van der Waals surface area contributed by atoms with Gasteiger partial charge >= 0.3 is 0 Å². The molecule has 0 aliphatic rings. The van der Waals surface area contributed by atoms with E-state index in [1.54, 1.807) is 62.4 Å². The quantitative estimate of drug-likeness (QED) is 0.198. The Morgan fingerprint density at radius 2 is 1.49 bits per heavy atom. The van der Waals surface area contributed by atoms with Crippen molar-refractivity contribution < 1.29 is 18.0 Å². The maximum atomic E-state index is 14.4. The molecule has 2 amide bonds. The van der Waals surface area contributed by atoms with Gasteiger partial charge in [0.1, 0.15) is 12.6 Å². The number of likely N-dealkylation sites (N-methyl/N-ethyl adjacent to an activating group) is 1. The summed E-state index contributed by atoms with van der Waals surface area (Å²) in [6, 6.07) is 28.2. The van der Waals surface area contributed by atoms with E-state index in [1.807, 2.05) is 36.4 Å². The van der Waals surface area contributed by atoms with Gasteiger partial charge in [0.25, 0.3) is 10.0 Å². The SMILES string of the molecule is CCNC(=O)[C@@H](Cc1ccccc1)N(Cc1cccc(Cl)c1)C(=O)CN(c1ccc(C)c(Cl)c1)S(=O)(=O)c1ccccc1. The predicted octanol–water partition coefficient (Wildman–Crippen LogP) is 6.27. The molecule has 1 N–H and O–H groups in total. The molecule has 0 unspecified atom stereocenters. The van der Waals surface area contributed by atoms with Crippen molar-refractivity contribution in [2.45, 2.75) is 37.8 Å². The molecular formula is C33H33Cl2N3O4S. The van der Waals surface area contributed by atoms with Crippen LogP contribution >= 0.6 is 23.2 Å². The Labute approximate surface area is 263 Å². The van der Waals surface area contributed by atoms with Gasteiger partial charge in [-0.15, -0.1) is 0 Å². The van der Waals surface area contributed by atoms with Crippen molar-refractivity contribution in [2.24, 2.45) is 0 Å². The molecule has 0 aliphatic heterocycles. The second kappa shape index (κ2) is 14.6. The normalized spacial score (nSPS) is 11.9. The number of benzene rings is 4. The largest absolute Gasteiger partial charge is 0.355 e. The summed E-state index contributed by atoms with van der Waals surface area (Å²) in [6.07, 6.45) is 0.223. The summed E-state index contributed by atoms with van der Waals surface area (Å²) in [5.41, 5.74) is 2.53. The van der Waals surface area contributed by atoms with Crippen LogP contribution in [0.5, 0.6) is 0 Å². The molecular weight excluding hydrogens is 605 g/mol. The zero-order valence-electron chi connectivity index (χ0n) is 23.9. The van der Waals surface area contributed by atoms with Crippen LogP contribution in [0.3, 0.4) is 0 Å². The van der Waals surface area contributed by atoms with E-state index in [0.29, 0.717) is 22.2 Å². The number of aryl methyl sites for hydroxylation is 1. The topological polar surface area (TPSA) is 86.8 Å². The van der Waals surface area contributed by atoms with Crippen LogP contribution in [-0.4, -0.2) is 44.3 Å². The number of nitrogens with zero attached hydrogens (tertiary/aromatic N) is 2. The molecule has 0 aromatic heterocycles. The number of halogens is 2. The van der Waals surface area contributed by atoms with Crippen molar-refractivity contribution in [1.29, 1.82) is 0 Å². The van der Waals surface area contributed by atoms with E-state index in [0.717, 1.165) is 15.4 Å². The minimum Gasteiger partial charge on any atom is -0.355 e. The first-order valence-electron chi connectivity index (χ1n) is 13.8. The number of hydrogen-bond acceptors (Lipinski definition) is 4. The summed E-state index contributed by atoms with van der Waals surface area (Å²) in [7, 11) is -4.20. The zero-order chi connectivity index (χ0) is 31.0. The lowest BCUT2D eigenvalue weighted by Gasteiger charge is -2.34. The number of amides is 2. The number of sulfonamides is 1. The molecule has 0 aliphatic carbocycles. The van der Waals surface area contributed by atoms with Crippen molar-refractivity contribution in [1.82, 2.24) is 10.2 Å². The molecule has 1 atom stereocenters. The molecule has 10 heteroatoms. The van der Waals surface area contributed by atoms with Gasteiger partial charge in [-0.2, -0.15) is 0 Å². The lowest BCUT2D eigenvalue weighted by molar-refractivity contribution is -0.140. The van der Waals surface area contributed by atoms with Crippen LogP contribution in [0.25, 0.3) is 0 Å². The Morgan fingerprint density at radius 1 is 0.837 bits per heavy atom. The first-order valence-corrected chi connectivity index (χ1v) is 16.0. The summed E-state index contributed by atoms with van der Waals surface area (Å²) < 4.78 is 29.0. The molecule has 43 heavy (non-hydrogen) atoms. The molecule has 4 rings (SSSR count). The summed E-state index contributed by atoms with van der Waals surface area (Å²) in [5.74, 6) is -0.916. The molecule has 0 bridgehead atoms. The average Bonchev–Trinajstić information content (AvgIpc) is 3.00. The molecule has 7 nitrogen and oxygen atoms in total. The monoisotopic (exact) mass is 637 g/mol. The van der Waals surface area contributed by atoms with Crippen molar-refractivity contribution in [3.63, 3.8) is 0 Å². The first-order chi connectivity index (χ1) is 20.6. The fourth-order valence-corrected chi connectivity index (χ4v) is 6.48. The lowest BCUT2D eigenvalue weighted by atomic mass is 10.0. The van der Waals surface area contributed by atoms with Crippen LogP contribution in [0, 0.1) is 6.92 Å². The van der Waals surface area contributed by atoms with Gasteiger partial charge in [0.05, 0.1) is 10.6 Å². The van der Waals surface area contributed by atoms with E-state index >= 15 is 0 Å². The van der Waals surface area contributed by atoms with Crippen molar-refractivity contribution in [3.05, 3.63) is 130 Å².